The summed E-state index contributed by atoms with van der Waals surface area (Å²) >= 11 is 5.75. The summed E-state index contributed by atoms with van der Waals surface area (Å²) < 4.78 is 37.0. The minimum absolute atomic E-state index is 0.00923. The lowest BCUT2D eigenvalue weighted by atomic mass is 10.2. The van der Waals surface area contributed by atoms with E-state index in [-0.39, 0.29) is 22.9 Å². The summed E-state index contributed by atoms with van der Waals surface area (Å²) in [5.41, 5.74) is -0.276. The van der Waals surface area contributed by atoms with E-state index in [0.717, 1.165) is 17.2 Å². The first kappa shape index (κ1) is 14.6. The summed E-state index contributed by atoms with van der Waals surface area (Å²) in [6.45, 7) is 0.270. The Bertz CT molecular complexity index is 451. The van der Waals surface area contributed by atoms with Crippen LogP contribution in [0.1, 0.15) is 17.3 Å². The maximum Gasteiger partial charge on any atom is 0.405 e. The molecule has 8 heteroatoms. The average Bonchev–Trinajstić information content (AvgIpc) is 2.25. The zero-order chi connectivity index (χ0) is 13.9. The lowest BCUT2D eigenvalue weighted by Crippen LogP contribution is -2.35. The Morgan fingerprint density at radius 1 is 1.56 bits per heavy atom. The number of anilines is 1. The Morgan fingerprint density at radius 3 is 2.61 bits per heavy atom. The van der Waals surface area contributed by atoms with Gasteiger partial charge in [0.25, 0.3) is 0 Å². The molecular weight excluding hydrogens is 273 g/mol. The van der Waals surface area contributed by atoms with E-state index in [1.165, 1.54) is 6.92 Å². The molecule has 0 saturated carbocycles. The second-order valence-electron chi connectivity index (χ2n) is 3.43. The van der Waals surface area contributed by atoms with E-state index in [1.807, 2.05) is 0 Å². The second kappa shape index (κ2) is 5.43. The Labute approximate surface area is 106 Å². The van der Waals surface area contributed by atoms with Crippen molar-refractivity contribution in [1.29, 1.82) is 0 Å². The molecule has 100 valence electrons. The number of hydrogen-bond acceptors (Lipinski definition) is 3. The van der Waals surface area contributed by atoms with Gasteiger partial charge in [0.2, 0.25) is 0 Å². The second-order valence-corrected chi connectivity index (χ2v) is 3.81. The van der Waals surface area contributed by atoms with Gasteiger partial charge in [0.1, 0.15) is 12.4 Å². The van der Waals surface area contributed by atoms with Crippen LogP contribution in [0.5, 0.6) is 0 Å². The number of aromatic nitrogens is 1. The molecule has 1 rings (SSSR count). The van der Waals surface area contributed by atoms with Gasteiger partial charge in [-0.05, 0) is 13.0 Å². The molecule has 0 atom stereocenters. The third-order valence-corrected chi connectivity index (χ3v) is 2.53. The smallest absolute Gasteiger partial charge is 0.405 e. The molecule has 0 fully saturated rings. The first-order valence-corrected chi connectivity index (χ1v) is 5.33. The van der Waals surface area contributed by atoms with Crippen molar-refractivity contribution < 1.29 is 23.1 Å². The number of carboxylic acids is 1. The molecular formula is C10H10ClF3N2O2. The zero-order valence-electron chi connectivity index (χ0n) is 9.33. The number of aromatic carboxylic acids is 1. The van der Waals surface area contributed by atoms with E-state index in [2.05, 4.69) is 4.98 Å². The molecule has 0 bridgehead atoms. The van der Waals surface area contributed by atoms with Crippen LogP contribution in [0.25, 0.3) is 0 Å². The number of hydrogen-bond donors (Lipinski definition) is 1. The summed E-state index contributed by atoms with van der Waals surface area (Å²) in [5, 5.41) is 8.53. The molecule has 4 nitrogen and oxygen atoms in total. The van der Waals surface area contributed by atoms with Crippen LogP contribution < -0.4 is 4.90 Å². The molecule has 0 aliphatic carbocycles. The van der Waals surface area contributed by atoms with Crippen molar-refractivity contribution in [2.24, 2.45) is 0 Å². The molecule has 18 heavy (non-hydrogen) atoms. The summed E-state index contributed by atoms with van der Waals surface area (Å²) in [5.74, 6) is -1.50. The Morgan fingerprint density at radius 2 is 2.17 bits per heavy atom. The summed E-state index contributed by atoms with van der Waals surface area (Å²) in [6.07, 6.45) is -3.30. The van der Waals surface area contributed by atoms with Gasteiger partial charge in [0.15, 0.2) is 0 Å². The van der Waals surface area contributed by atoms with E-state index in [1.54, 1.807) is 0 Å². The third kappa shape index (κ3) is 3.49. The van der Waals surface area contributed by atoms with Crippen LogP contribution in [0.2, 0.25) is 5.02 Å². The zero-order valence-corrected chi connectivity index (χ0v) is 10.1. The molecule has 0 aliphatic heterocycles. The minimum atomic E-state index is -4.42. The molecule has 0 aliphatic rings. The number of rotatable bonds is 4. The van der Waals surface area contributed by atoms with Gasteiger partial charge >= 0.3 is 12.1 Å². The topological polar surface area (TPSA) is 53.4 Å². The fourth-order valence-corrected chi connectivity index (χ4v) is 1.68. The minimum Gasteiger partial charge on any atom is -0.478 e. The van der Waals surface area contributed by atoms with E-state index >= 15 is 0 Å². The fourth-order valence-electron chi connectivity index (χ4n) is 1.37. The van der Waals surface area contributed by atoms with Crippen LogP contribution in [-0.2, 0) is 0 Å². The highest BCUT2D eigenvalue weighted by Crippen LogP contribution is 2.29. The largest absolute Gasteiger partial charge is 0.478 e. The van der Waals surface area contributed by atoms with Crippen molar-refractivity contribution in [3.63, 3.8) is 0 Å². The lowest BCUT2D eigenvalue weighted by Gasteiger charge is -2.24. The molecule has 1 N–H and O–H groups in total. The predicted octanol–water partition coefficient (Wildman–Crippen LogP) is 2.82. The highest BCUT2D eigenvalue weighted by atomic mass is 35.5. The molecule has 0 radical (unpaired) electrons. The van der Waals surface area contributed by atoms with E-state index < -0.39 is 18.7 Å². The van der Waals surface area contributed by atoms with Gasteiger partial charge < -0.3 is 10.0 Å². The van der Waals surface area contributed by atoms with Crippen molar-refractivity contribution >= 4 is 23.4 Å². The van der Waals surface area contributed by atoms with Crippen molar-refractivity contribution in [1.82, 2.24) is 4.98 Å². The van der Waals surface area contributed by atoms with Gasteiger partial charge in [-0.2, -0.15) is 13.2 Å². The molecule has 0 aromatic carbocycles. The normalized spacial score (nSPS) is 11.4. The first-order valence-electron chi connectivity index (χ1n) is 4.95. The van der Waals surface area contributed by atoms with Crippen molar-refractivity contribution in [2.45, 2.75) is 13.1 Å². The molecule has 0 unspecified atom stereocenters. The van der Waals surface area contributed by atoms with Gasteiger partial charge in [-0.1, -0.05) is 11.6 Å². The van der Waals surface area contributed by atoms with Gasteiger partial charge in [0, 0.05) is 12.7 Å². The average molecular weight is 283 g/mol. The molecule has 1 aromatic heterocycles. The number of pyridine rings is 1. The SMILES string of the molecule is CCN(CC(F)(F)F)c1nccc(C(=O)O)c1Cl. The van der Waals surface area contributed by atoms with Crippen LogP contribution in [0.4, 0.5) is 19.0 Å². The van der Waals surface area contributed by atoms with Crippen molar-refractivity contribution in [3.8, 4) is 0 Å². The molecule has 1 aromatic rings. The first-order chi connectivity index (χ1) is 8.26. The van der Waals surface area contributed by atoms with Crippen LogP contribution in [-0.4, -0.2) is 35.3 Å². The maximum atomic E-state index is 12.3. The molecule has 0 spiro atoms. The number of carbonyl (C=O) groups is 1. The van der Waals surface area contributed by atoms with Crippen LogP contribution in [0.3, 0.4) is 0 Å². The standard InChI is InChI=1S/C10H10ClF3N2O2/c1-2-16(5-10(12,13)14)8-7(11)6(9(17)18)3-4-15-8/h3-4H,2,5H2,1H3,(H,17,18). The number of nitrogens with zero attached hydrogens (tertiary/aromatic N) is 2. The monoisotopic (exact) mass is 282 g/mol. The molecule has 0 amide bonds. The highest BCUT2D eigenvalue weighted by molar-refractivity contribution is 6.35. The van der Waals surface area contributed by atoms with Crippen LogP contribution in [0.15, 0.2) is 12.3 Å². The Balaban J connectivity index is 3.14. The number of halogens is 4. The lowest BCUT2D eigenvalue weighted by molar-refractivity contribution is -0.119. The summed E-state index contributed by atoms with van der Waals surface area (Å²) in [6, 6.07) is 1.13. The van der Waals surface area contributed by atoms with Gasteiger partial charge in [-0.25, -0.2) is 9.78 Å². The molecule has 1 heterocycles. The Hall–Kier alpha value is -1.50. The van der Waals surface area contributed by atoms with E-state index in [9.17, 15) is 18.0 Å². The van der Waals surface area contributed by atoms with E-state index in [0.29, 0.717) is 0 Å². The summed E-state index contributed by atoms with van der Waals surface area (Å²) in [4.78, 5) is 15.4. The highest BCUT2D eigenvalue weighted by Gasteiger charge is 2.32. The van der Waals surface area contributed by atoms with Crippen molar-refractivity contribution in [3.05, 3.63) is 22.8 Å². The summed E-state index contributed by atoms with van der Waals surface area (Å²) in [7, 11) is 0. The predicted molar refractivity (Wildman–Crippen MR) is 60.1 cm³/mol. The Kier molecular flexibility index (Phi) is 4.39. The van der Waals surface area contributed by atoms with Gasteiger partial charge in [-0.15, -0.1) is 0 Å². The van der Waals surface area contributed by atoms with Crippen molar-refractivity contribution in [2.75, 3.05) is 18.0 Å². The van der Waals surface area contributed by atoms with Gasteiger partial charge in [-0.3, -0.25) is 0 Å². The van der Waals surface area contributed by atoms with Gasteiger partial charge in [0.05, 0.1) is 10.6 Å². The third-order valence-electron chi connectivity index (χ3n) is 2.15. The van der Waals surface area contributed by atoms with Crippen LogP contribution in [0, 0.1) is 0 Å². The quantitative estimate of drug-likeness (QED) is 0.922. The number of carboxylic acid groups (broad SMARTS) is 1. The van der Waals surface area contributed by atoms with Crippen LogP contribution >= 0.6 is 11.6 Å². The number of alkyl halides is 3. The molecule has 0 saturated heterocycles. The fraction of sp³-hybridized carbons (Fsp3) is 0.400. The van der Waals surface area contributed by atoms with E-state index in [4.69, 9.17) is 16.7 Å². The maximum absolute atomic E-state index is 12.3.